The number of aromatic nitrogens is 2. The third kappa shape index (κ3) is 3.05. The molecule has 2 aromatic heterocycles. The summed E-state index contributed by atoms with van der Waals surface area (Å²) >= 11 is 2.44. The normalized spacial score (nSPS) is 11.7. The number of hydrogen-bond acceptors (Lipinski definition) is 7. The van der Waals surface area contributed by atoms with E-state index in [-0.39, 0.29) is 9.34 Å². The second-order valence-electron chi connectivity index (χ2n) is 3.48. The first-order chi connectivity index (χ1) is 8.51. The van der Waals surface area contributed by atoms with Crippen LogP contribution in [0, 0.1) is 6.92 Å². The van der Waals surface area contributed by atoms with Gasteiger partial charge in [0.2, 0.25) is 5.13 Å². The van der Waals surface area contributed by atoms with Crippen molar-refractivity contribution in [3.05, 3.63) is 22.0 Å². The van der Waals surface area contributed by atoms with Crippen LogP contribution in [0.4, 0.5) is 5.13 Å². The minimum absolute atomic E-state index is 0.278. The quantitative estimate of drug-likeness (QED) is 0.873. The Morgan fingerprint density at radius 3 is 2.67 bits per heavy atom. The molecule has 0 aromatic carbocycles. The largest absolute Gasteiger partial charge is 0.315 e. The molecule has 0 bridgehead atoms. The molecule has 9 heteroatoms. The average Bonchev–Trinajstić information content (AvgIpc) is 2.88. The van der Waals surface area contributed by atoms with Crippen molar-refractivity contribution in [3.8, 4) is 0 Å². The summed E-state index contributed by atoms with van der Waals surface area (Å²) in [5, 5.41) is 11.5. The zero-order chi connectivity index (χ0) is 13.2. The first-order valence-corrected chi connectivity index (χ1v) is 8.19. The number of nitrogens with zero attached hydrogens (tertiary/aromatic N) is 2. The van der Waals surface area contributed by atoms with Crippen LogP contribution < -0.4 is 10.0 Å². The zero-order valence-electron chi connectivity index (χ0n) is 9.80. The average molecular weight is 304 g/mol. The molecule has 0 amide bonds. The number of sulfonamides is 1. The summed E-state index contributed by atoms with van der Waals surface area (Å²) < 4.78 is 26.8. The molecule has 0 spiro atoms. The number of rotatable bonds is 5. The van der Waals surface area contributed by atoms with Crippen molar-refractivity contribution in [2.24, 2.45) is 0 Å². The van der Waals surface area contributed by atoms with Gasteiger partial charge in [0.15, 0.2) is 0 Å². The molecule has 98 valence electrons. The summed E-state index contributed by atoms with van der Waals surface area (Å²) in [6.07, 6.45) is 0. The third-order valence-electron chi connectivity index (χ3n) is 2.00. The topological polar surface area (TPSA) is 84.0 Å². The van der Waals surface area contributed by atoms with Gasteiger partial charge in [0.05, 0.1) is 0 Å². The smallest absolute Gasteiger partial charge is 0.273 e. The van der Waals surface area contributed by atoms with Crippen molar-refractivity contribution in [1.29, 1.82) is 0 Å². The number of thiophene rings is 1. The number of nitrogens with one attached hydrogen (secondary N) is 2. The number of aryl methyl sites for hydroxylation is 1. The summed E-state index contributed by atoms with van der Waals surface area (Å²) in [4.78, 5) is 0.964. The fraction of sp³-hybridized carbons (Fsp3) is 0.333. The highest BCUT2D eigenvalue weighted by Crippen LogP contribution is 2.25. The van der Waals surface area contributed by atoms with Crippen LogP contribution in [0.25, 0.3) is 0 Å². The number of anilines is 1. The van der Waals surface area contributed by atoms with Gasteiger partial charge in [-0.2, -0.15) is 0 Å². The minimum Gasteiger partial charge on any atom is -0.315 e. The van der Waals surface area contributed by atoms with Crippen molar-refractivity contribution < 1.29 is 8.42 Å². The van der Waals surface area contributed by atoms with Gasteiger partial charge < -0.3 is 5.32 Å². The van der Waals surface area contributed by atoms with E-state index >= 15 is 0 Å². The fourth-order valence-corrected chi connectivity index (χ4v) is 4.46. The van der Waals surface area contributed by atoms with Gasteiger partial charge in [-0.1, -0.05) is 11.3 Å². The Morgan fingerprint density at radius 2 is 2.06 bits per heavy atom. The number of hydrogen-bond donors (Lipinski definition) is 2. The van der Waals surface area contributed by atoms with Crippen LogP contribution in [0.3, 0.4) is 0 Å². The standard InChI is InChI=1S/C9H12N4O2S3/c1-6-11-12-9(16-6)13-18(14,15)8-4-3-7(17-8)5-10-2/h3-4,10H,5H2,1-2H3,(H,12,13). The molecule has 0 radical (unpaired) electrons. The van der Waals surface area contributed by atoms with Gasteiger partial charge >= 0.3 is 0 Å². The lowest BCUT2D eigenvalue weighted by Gasteiger charge is -2.00. The van der Waals surface area contributed by atoms with Gasteiger partial charge in [0, 0.05) is 11.4 Å². The van der Waals surface area contributed by atoms with Crippen LogP contribution in [-0.4, -0.2) is 25.7 Å². The van der Waals surface area contributed by atoms with Gasteiger partial charge in [-0.05, 0) is 26.1 Å². The molecule has 0 saturated carbocycles. The van der Waals surface area contributed by atoms with E-state index in [1.807, 2.05) is 7.05 Å². The summed E-state index contributed by atoms with van der Waals surface area (Å²) in [7, 11) is -1.73. The Bertz CT molecular complexity index is 632. The maximum absolute atomic E-state index is 12.0. The highest BCUT2D eigenvalue weighted by molar-refractivity contribution is 7.94. The first kappa shape index (κ1) is 13.4. The monoisotopic (exact) mass is 304 g/mol. The molecular weight excluding hydrogens is 292 g/mol. The summed E-state index contributed by atoms with van der Waals surface area (Å²) in [6, 6.07) is 3.38. The summed E-state index contributed by atoms with van der Waals surface area (Å²) in [6.45, 7) is 2.42. The minimum atomic E-state index is -3.55. The lowest BCUT2D eigenvalue weighted by atomic mass is 10.5. The zero-order valence-corrected chi connectivity index (χ0v) is 12.2. The lowest BCUT2D eigenvalue weighted by molar-refractivity contribution is 0.603. The Morgan fingerprint density at radius 1 is 1.28 bits per heavy atom. The molecular formula is C9H12N4O2S3. The molecule has 0 saturated heterocycles. The van der Waals surface area contributed by atoms with E-state index in [1.165, 1.54) is 22.7 Å². The van der Waals surface area contributed by atoms with E-state index < -0.39 is 10.0 Å². The second-order valence-corrected chi connectivity index (χ2v) is 7.74. The van der Waals surface area contributed by atoms with E-state index in [0.717, 1.165) is 9.88 Å². The van der Waals surface area contributed by atoms with Crippen molar-refractivity contribution in [3.63, 3.8) is 0 Å². The molecule has 2 rings (SSSR count). The van der Waals surface area contributed by atoms with Gasteiger partial charge in [-0.25, -0.2) is 8.42 Å². The molecule has 6 nitrogen and oxygen atoms in total. The van der Waals surface area contributed by atoms with Crippen LogP contribution in [0.2, 0.25) is 0 Å². The summed E-state index contributed by atoms with van der Waals surface area (Å²) in [5.74, 6) is 0. The molecule has 18 heavy (non-hydrogen) atoms. The Balaban J connectivity index is 2.19. The Hall–Kier alpha value is -1.03. The van der Waals surface area contributed by atoms with Crippen LogP contribution in [0.1, 0.15) is 9.88 Å². The Kier molecular flexibility index (Phi) is 3.95. The molecule has 2 heterocycles. The van der Waals surface area contributed by atoms with E-state index in [4.69, 9.17) is 0 Å². The molecule has 2 N–H and O–H groups in total. The van der Waals surface area contributed by atoms with E-state index in [9.17, 15) is 8.42 Å². The van der Waals surface area contributed by atoms with Crippen molar-refractivity contribution in [1.82, 2.24) is 15.5 Å². The van der Waals surface area contributed by atoms with E-state index in [1.54, 1.807) is 19.1 Å². The third-order valence-corrected chi connectivity index (χ3v) is 5.80. The van der Waals surface area contributed by atoms with Crippen LogP contribution in [0.5, 0.6) is 0 Å². The van der Waals surface area contributed by atoms with Crippen LogP contribution in [0.15, 0.2) is 16.3 Å². The van der Waals surface area contributed by atoms with Crippen molar-refractivity contribution in [2.75, 3.05) is 11.8 Å². The lowest BCUT2D eigenvalue weighted by Crippen LogP contribution is -2.11. The van der Waals surface area contributed by atoms with E-state index in [2.05, 4.69) is 20.2 Å². The highest BCUT2D eigenvalue weighted by atomic mass is 32.2. The van der Waals surface area contributed by atoms with Gasteiger partial charge in [0.1, 0.15) is 9.22 Å². The molecule has 0 unspecified atom stereocenters. The fourth-order valence-electron chi connectivity index (χ4n) is 1.27. The molecule has 0 aliphatic heterocycles. The van der Waals surface area contributed by atoms with E-state index in [0.29, 0.717) is 6.54 Å². The maximum atomic E-state index is 12.0. The predicted molar refractivity (Wildman–Crippen MR) is 72.5 cm³/mol. The Labute approximate surface area is 113 Å². The SMILES string of the molecule is CNCc1ccc(S(=O)(=O)Nc2nnc(C)s2)s1. The van der Waals surface area contributed by atoms with Gasteiger partial charge in [-0.15, -0.1) is 21.5 Å². The van der Waals surface area contributed by atoms with Crippen molar-refractivity contribution >= 4 is 37.8 Å². The summed E-state index contributed by atoms with van der Waals surface area (Å²) in [5.41, 5.74) is 0. The molecule has 0 aliphatic rings. The van der Waals surface area contributed by atoms with Gasteiger partial charge in [-0.3, -0.25) is 4.72 Å². The van der Waals surface area contributed by atoms with Gasteiger partial charge in [0.25, 0.3) is 10.0 Å². The second kappa shape index (κ2) is 5.31. The van der Waals surface area contributed by atoms with Crippen molar-refractivity contribution in [2.45, 2.75) is 17.7 Å². The maximum Gasteiger partial charge on any atom is 0.273 e. The highest BCUT2D eigenvalue weighted by Gasteiger charge is 2.18. The first-order valence-electron chi connectivity index (χ1n) is 5.07. The molecule has 0 aliphatic carbocycles. The van der Waals surface area contributed by atoms with Crippen LogP contribution in [-0.2, 0) is 16.6 Å². The molecule has 0 atom stereocenters. The molecule has 0 fully saturated rings. The predicted octanol–water partition coefficient (Wildman–Crippen LogP) is 1.43. The van der Waals surface area contributed by atoms with Crippen LogP contribution >= 0.6 is 22.7 Å². The molecule has 2 aromatic rings.